The lowest BCUT2D eigenvalue weighted by Gasteiger charge is -2.22. The summed E-state index contributed by atoms with van der Waals surface area (Å²) in [4.78, 5) is 5.96. The van der Waals surface area contributed by atoms with Gasteiger partial charge in [-0.3, -0.25) is 4.99 Å². The highest BCUT2D eigenvalue weighted by Gasteiger charge is 2.30. The van der Waals surface area contributed by atoms with Gasteiger partial charge in [0, 0.05) is 12.6 Å². The van der Waals surface area contributed by atoms with Crippen molar-refractivity contribution in [2.75, 3.05) is 31.6 Å². The Bertz CT molecular complexity index is 349. The first-order valence-electron chi connectivity index (χ1n) is 5.37. The van der Waals surface area contributed by atoms with Gasteiger partial charge in [0.15, 0.2) is 15.8 Å². The van der Waals surface area contributed by atoms with Gasteiger partial charge in [0.1, 0.15) is 0 Å². The number of guanidine groups is 1. The Morgan fingerprint density at radius 2 is 2.19 bits per heavy atom. The molecule has 1 fully saturated rings. The molecule has 4 N–H and O–H groups in total. The number of rotatable bonds is 5. The van der Waals surface area contributed by atoms with Crippen LogP contribution in [0, 0.1) is 0 Å². The van der Waals surface area contributed by atoms with Gasteiger partial charge in [0.25, 0.3) is 0 Å². The smallest absolute Gasteiger partial charge is 0.185 e. The molecule has 0 aromatic heterocycles. The molecule has 0 aromatic carbocycles. The molecule has 0 aliphatic carbocycles. The first kappa shape index (κ1) is 13.2. The van der Waals surface area contributed by atoms with Crippen molar-refractivity contribution in [3.8, 4) is 0 Å². The van der Waals surface area contributed by atoms with Gasteiger partial charge < -0.3 is 16.4 Å². The van der Waals surface area contributed by atoms with E-state index in [2.05, 4.69) is 9.89 Å². The lowest BCUT2D eigenvalue weighted by Crippen LogP contribution is -2.33. The van der Waals surface area contributed by atoms with Gasteiger partial charge in [-0.15, -0.1) is 0 Å². The molecule has 1 aliphatic heterocycles. The molecule has 1 heterocycles. The second-order valence-corrected chi connectivity index (χ2v) is 6.43. The fourth-order valence-electron chi connectivity index (χ4n) is 1.83. The molecule has 0 radical (unpaired) electrons. The maximum Gasteiger partial charge on any atom is 0.185 e. The highest BCUT2D eigenvalue weighted by atomic mass is 32.2. The summed E-state index contributed by atoms with van der Waals surface area (Å²) >= 11 is 0. The molecule has 1 aliphatic rings. The summed E-state index contributed by atoms with van der Waals surface area (Å²) in [5.41, 5.74) is 10.4. The predicted octanol–water partition coefficient (Wildman–Crippen LogP) is -1.23. The third-order valence-corrected chi connectivity index (χ3v) is 4.55. The summed E-state index contributed by atoms with van der Waals surface area (Å²) in [6, 6.07) is 0.157. The third kappa shape index (κ3) is 4.36. The van der Waals surface area contributed by atoms with Gasteiger partial charge in [0.2, 0.25) is 0 Å². The van der Waals surface area contributed by atoms with Crippen molar-refractivity contribution in [2.24, 2.45) is 16.5 Å². The van der Waals surface area contributed by atoms with Crippen LogP contribution in [0.3, 0.4) is 0 Å². The lowest BCUT2D eigenvalue weighted by atomic mass is 10.2. The molecule has 0 aromatic rings. The third-order valence-electron chi connectivity index (χ3n) is 2.80. The summed E-state index contributed by atoms with van der Waals surface area (Å²) < 4.78 is 22.6. The Morgan fingerprint density at radius 3 is 2.69 bits per heavy atom. The van der Waals surface area contributed by atoms with E-state index in [1.54, 1.807) is 0 Å². The van der Waals surface area contributed by atoms with Crippen molar-refractivity contribution in [1.82, 2.24) is 4.90 Å². The summed E-state index contributed by atoms with van der Waals surface area (Å²) in [5, 5.41) is 0. The lowest BCUT2D eigenvalue weighted by molar-refractivity contribution is 0.260. The van der Waals surface area contributed by atoms with Crippen molar-refractivity contribution in [3.05, 3.63) is 0 Å². The van der Waals surface area contributed by atoms with Crippen LogP contribution in [0.25, 0.3) is 0 Å². The van der Waals surface area contributed by atoms with Crippen LogP contribution in [0.5, 0.6) is 0 Å². The summed E-state index contributed by atoms with van der Waals surface area (Å²) in [7, 11) is -0.848. The molecular weight excluding hydrogens is 228 g/mol. The molecule has 7 heteroatoms. The van der Waals surface area contributed by atoms with Crippen LogP contribution in [0.2, 0.25) is 0 Å². The van der Waals surface area contributed by atoms with E-state index in [9.17, 15) is 8.42 Å². The van der Waals surface area contributed by atoms with Crippen LogP contribution in [0.1, 0.15) is 12.8 Å². The van der Waals surface area contributed by atoms with Crippen molar-refractivity contribution in [1.29, 1.82) is 0 Å². The Balaban J connectivity index is 2.26. The standard InChI is InChI=1S/C9H20N4O2S/c1-13(5-2-4-12-9(10)11)8-3-6-16(14,15)7-8/h8H,2-7H2,1H3,(H4,10,11,12). The average molecular weight is 248 g/mol. The van der Waals surface area contributed by atoms with Crippen LogP contribution >= 0.6 is 0 Å². The molecule has 94 valence electrons. The van der Waals surface area contributed by atoms with Gasteiger partial charge in [-0.2, -0.15) is 0 Å². The van der Waals surface area contributed by atoms with E-state index in [0.29, 0.717) is 12.3 Å². The number of nitrogens with zero attached hydrogens (tertiary/aromatic N) is 2. The van der Waals surface area contributed by atoms with Gasteiger partial charge in [-0.25, -0.2) is 8.42 Å². The number of aliphatic imine (C=N–C) groups is 1. The molecule has 16 heavy (non-hydrogen) atoms. The fraction of sp³-hybridized carbons (Fsp3) is 0.889. The second kappa shape index (κ2) is 5.49. The summed E-state index contributed by atoms with van der Waals surface area (Å²) in [6.07, 6.45) is 1.58. The quantitative estimate of drug-likeness (QED) is 0.360. The Morgan fingerprint density at radius 1 is 1.50 bits per heavy atom. The van der Waals surface area contributed by atoms with Crippen molar-refractivity contribution in [3.63, 3.8) is 0 Å². The van der Waals surface area contributed by atoms with Crippen molar-refractivity contribution in [2.45, 2.75) is 18.9 Å². The second-order valence-electron chi connectivity index (χ2n) is 4.20. The molecule has 6 nitrogen and oxygen atoms in total. The molecule has 1 saturated heterocycles. The molecule has 0 bridgehead atoms. The molecule has 1 unspecified atom stereocenters. The normalized spacial score (nSPS) is 23.5. The molecule has 0 spiro atoms. The van der Waals surface area contributed by atoms with Crippen LogP contribution in [-0.4, -0.2) is 57.0 Å². The van der Waals surface area contributed by atoms with Gasteiger partial charge in [-0.05, 0) is 26.4 Å². The predicted molar refractivity (Wildman–Crippen MR) is 65.0 cm³/mol. The Kier molecular flexibility index (Phi) is 4.55. The minimum Gasteiger partial charge on any atom is -0.370 e. The number of hydrogen-bond acceptors (Lipinski definition) is 4. The van der Waals surface area contributed by atoms with Gasteiger partial charge in [0.05, 0.1) is 11.5 Å². The summed E-state index contributed by atoms with van der Waals surface area (Å²) in [6.45, 7) is 1.41. The van der Waals surface area contributed by atoms with E-state index in [1.807, 2.05) is 7.05 Å². The average Bonchev–Trinajstić information content (AvgIpc) is 2.53. The minimum absolute atomic E-state index is 0.103. The maximum absolute atomic E-state index is 11.3. The topological polar surface area (TPSA) is 102 Å². The Labute approximate surface area is 96.6 Å². The van der Waals surface area contributed by atoms with E-state index in [-0.39, 0.29) is 17.8 Å². The van der Waals surface area contributed by atoms with Crippen molar-refractivity contribution < 1.29 is 8.42 Å². The molecule has 0 amide bonds. The SMILES string of the molecule is CN(CCCN=C(N)N)C1CCS(=O)(=O)C1. The minimum atomic E-state index is -2.79. The number of sulfone groups is 1. The summed E-state index contributed by atoms with van der Waals surface area (Å²) in [5.74, 6) is 0.702. The first-order valence-corrected chi connectivity index (χ1v) is 7.19. The monoisotopic (exact) mass is 248 g/mol. The van der Waals surface area contributed by atoms with E-state index >= 15 is 0 Å². The van der Waals surface area contributed by atoms with E-state index in [0.717, 1.165) is 19.4 Å². The zero-order chi connectivity index (χ0) is 12.2. The van der Waals surface area contributed by atoms with Gasteiger partial charge in [-0.1, -0.05) is 0 Å². The Hall–Kier alpha value is -0.820. The molecular formula is C9H20N4O2S. The zero-order valence-electron chi connectivity index (χ0n) is 9.59. The van der Waals surface area contributed by atoms with E-state index < -0.39 is 9.84 Å². The highest BCUT2D eigenvalue weighted by molar-refractivity contribution is 7.91. The fourth-order valence-corrected chi connectivity index (χ4v) is 3.64. The van der Waals surface area contributed by atoms with Crippen LogP contribution in [-0.2, 0) is 9.84 Å². The first-order chi connectivity index (χ1) is 7.41. The largest absolute Gasteiger partial charge is 0.370 e. The van der Waals surface area contributed by atoms with Crippen molar-refractivity contribution >= 4 is 15.8 Å². The zero-order valence-corrected chi connectivity index (χ0v) is 10.4. The molecule has 0 saturated carbocycles. The number of hydrogen-bond donors (Lipinski definition) is 2. The van der Waals surface area contributed by atoms with Gasteiger partial charge >= 0.3 is 0 Å². The maximum atomic E-state index is 11.3. The van der Waals surface area contributed by atoms with E-state index in [4.69, 9.17) is 11.5 Å². The molecule has 1 atom stereocenters. The molecule has 1 rings (SSSR count). The highest BCUT2D eigenvalue weighted by Crippen LogP contribution is 2.16. The van der Waals surface area contributed by atoms with Crippen LogP contribution in [0.15, 0.2) is 4.99 Å². The number of nitrogens with two attached hydrogens (primary N) is 2. The van der Waals surface area contributed by atoms with Crippen LogP contribution in [0.4, 0.5) is 0 Å². The van der Waals surface area contributed by atoms with E-state index in [1.165, 1.54) is 0 Å². The van der Waals surface area contributed by atoms with Crippen LogP contribution < -0.4 is 11.5 Å².